The molecule has 0 unspecified atom stereocenters. The highest BCUT2D eigenvalue weighted by atomic mass is 35.5. The fourth-order valence-corrected chi connectivity index (χ4v) is 6.81. The van der Waals surface area contributed by atoms with Crippen molar-refractivity contribution in [2.24, 2.45) is 0 Å². The number of hydrogen-bond acceptors (Lipinski definition) is 6. The van der Waals surface area contributed by atoms with Crippen molar-refractivity contribution in [3.05, 3.63) is 64.3 Å². The Morgan fingerprint density at radius 2 is 1.85 bits per heavy atom. The fourth-order valence-electron chi connectivity index (χ4n) is 5.41. The van der Waals surface area contributed by atoms with Crippen LogP contribution in [0.2, 0.25) is 5.02 Å². The zero-order valence-electron chi connectivity index (χ0n) is 22.3. The number of hydrogen-bond donors (Lipinski definition) is 0. The van der Waals surface area contributed by atoms with E-state index in [1.54, 1.807) is 21.3 Å². The van der Waals surface area contributed by atoms with E-state index in [2.05, 4.69) is 20.8 Å². The standard InChI is InChI=1S/C29H31ClN4O4S/c1-29(2,3)27-25-26(18-10-11-21-22(14-18)38-17-37-21)39-16-24(36)33(15-23(35)32-12-6-7-13-32)28(25)34(31-27)20-9-5-4-8-19(20)30/h4-5,8-11,14,26H,6-7,12-13,15-17H2,1-3H3/t26-/m1/s1. The topological polar surface area (TPSA) is 76.9 Å². The van der Waals surface area contributed by atoms with Gasteiger partial charge in [-0.1, -0.05) is 50.6 Å². The maximum absolute atomic E-state index is 13.8. The summed E-state index contributed by atoms with van der Waals surface area (Å²) in [4.78, 5) is 30.7. The molecule has 0 N–H and O–H groups in total. The predicted molar refractivity (Wildman–Crippen MR) is 152 cm³/mol. The Balaban J connectivity index is 1.58. The number of benzene rings is 2. The smallest absolute Gasteiger partial charge is 0.242 e. The first kappa shape index (κ1) is 26.1. The van der Waals surface area contributed by atoms with Gasteiger partial charge in [0.05, 0.1) is 27.4 Å². The van der Waals surface area contributed by atoms with Gasteiger partial charge in [0.25, 0.3) is 0 Å². The lowest BCUT2D eigenvalue weighted by atomic mass is 9.87. The molecule has 1 aromatic heterocycles. The van der Waals surface area contributed by atoms with Gasteiger partial charge in [0, 0.05) is 24.1 Å². The highest BCUT2D eigenvalue weighted by Gasteiger charge is 2.41. The summed E-state index contributed by atoms with van der Waals surface area (Å²) in [5.74, 6) is 2.01. The third-order valence-electron chi connectivity index (χ3n) is 7.33. The summed E-state index contributed by atoms with van der Waals surface area (Å²) >= 11 is 8.24. The molecule has 3 aromatic rings. The second-order valence-electron chi connectivity index (χ2n) is 11.1. The van der Waals surface area contributed by atoms with Gasteiger partial charge in [-0.2, -0.15) is 5.10 Å². The number of halogens is 1. The van der Waals surface area contributed by atoms with Crippen LogP contribution in [0.25, 0.3) is 5.69 Å². The number of rotatable bonds is 4. The highest BCUT2D eigenvalue weighted by molar-refractivity contribution is 8.00. The van der Waals surface area contributed by atoms with Crippen molar-refractivity contribution in [3.8, 4) is 17.2 Å². The Labute approximate surface area is 237 Å². The van der Waals surface area contributed by atoms with E-state index in [1.165, 1.54) is 0 Å². The number of ether oxygens (including phenoxy) is 2. The van der Waals surface area contributed by atoms with E-state index in [1.807, 2.05) is 47.4 Å². The zero-order chi connectivity index (χ0) is 27.3. The molecule has 0 radical (unpaired) electrons. The van der Waals surface area contributed by atoms with Crippen LogP contribution in [-0.4, -0.2) is 58.7 Å². The van der Waals surface area contributed by atoms with Crippen molar-refractivity contribution in [1.82, 2.24) is 14.7 Å². The van der Waals surface area contributed by atoms with Gasteiger partial charge < -0.3 is 14.4 Å². The van der Waals surface area contributed by atoms with E-state index in [4.69, 9.17) is 26.2 Å². The molecule has 2 amide bonds. The number of fused-ring (bicyclic) bond motifs is 2. The van der Waals surface area contributed by atoms with Crippen LogP contribution in [0.3, 0.4) is 0 Å². The number of carbonyl (C=O) groups is 2. The minimum atomic E-state index is -0.357. The van der Waals surface area contributed by atoms with E-state index in [0.29, 0.717) is 28.0 Å². The molecule has 39 heavy (non-hydrogen) atoms. The van der Waals surface area contributed by atoms with E-state index < -0.39 is 0 Å². The van der Waals surface area contributed by atoms with E-state index in [0.717, 1.165) is 42.8 Å². The number of anilines is 1. The number of nitrogens with zero attached hydrogens (tertiary/aromatic N) is 4. The first-order chi connectivity index (χ1) is 18.7. The average molecular weight is 567 g/mol. The highest BCUT2D eigenvalue weighted by Crippen LogP contribution is 2.50. The van der Waals surface area contributed by atoms with Crippen LogP contribution in [0.1, 0.15) is 55.7 Å². The maximum Gasteiger partial charge on any atom is 0.242 e. The monoisotopic (exact) mass is 566 g/mol. The molecule has 1 fully saturated rings. The second-order valence-corrected chi connectivity index (χ2v) is 12.6. The van der Waals surface area contributed by atoms with Gasteiger partial charge in [0.2, 0.25) is 18.6 Å². The third kappa shape index (κ3) is 4.76. The fraction of sp³-hybridized carbons (Fsp3) is 0.414. The van der Waals surface area contributed by atoms with Crippen molar-refractivity contribution in [2.75, 3.05) is 37.1 Å². The molecule has 1 atom stereocenters. The summed E-state index contributed by atoms with van der Waals surface area (Å²) < 4.78 is 13.0. The number of para-hydroxylation sites is 1. The molecule has 204 valence electrons. The number of carbonyl (C=O) groups excluding carboxylic acids is 2. The lowest BCUT2D eigenvalue weighted by Gasteiger charge is -2.26. The molecule has 10 heteroatoms. The molecule has 1 saturated heterocycles. The maximum atomic E-state index is 13.8. The first-order valence-electron chi connectivity index (χ1n) is 13.2. The van der Waals surface area contributed by atoms with Crippen molar-refractivity contribution in [1.29, 1.82) is 0 Å². The summed E-state index contributed by atoms with van der Waals surface area (Å²) in [7, 11) is 0. The van der Waals surface area contributed by atoms with Crippen LogP contribution < -0.4 is 14.4 Å². The van der Waals surface area contributed by atoms with Gasteiger partial charge in [-0.25, -0.2) is 4.68 Å². The Bertz CT molecular complexity index is 1440. The van der Waals surface area contributed by atoms with E-state index in [9.17, 15) is 9.59 Å². The van der Waals surface area contributed by atoms with E-state index >= 15 is 0 Å². The van der Waals surface area contributed by atoms with Crippen molar-refractivity contribution in [2.45, 2.75) is 44.3 Å². The summed E-state index contributed by atoms with van der Waals surface area (Å²) in [6.45, 7) is 7.92. The molecule has 0 aliphatic carbocycles. The molecular formula is C29H31ClN4O4S. The minimum absolute atomic E-state index is 0.0417. The first-order valence-corrected chi connectivity index (χ1v) is 14.6. The number of aromatic nitrogens is 2. The van der Waals surface area contributed by atoms with Crippen LogP contribution in [-0.2, 0) is 15.0 Å². The van der Waals surface area contributed by atoms with Gasteiger partial charge in [-0.05, 0) is 42.7 Å². The molecule has 6 rings (SSSR count). The molecular weight excluding hydrogens is 536 g/mol. The lowest BCUT2D eigenvalue weighted by Crippen LogP contribution is -2.43. The largest absolute Gasteiger partial charge is 0.454 e. The molecule has 0 spiro atoms. The lowest BCUT2D eigenvalue weighted by molar-refractivity contribution is -0.130. The SMILES string of the molecule is CC(C)(C)c1nn(-c2ccccc2Cl)c2c1[C@@H](c1ccc3c(c1)OCO3)SCC(=O)N2CC(=O)N1CCCC1. The molecule has 3 aliphatic rings. The third-order valence-corrected chi connectivity index (χ3v) is 8.91. The summed E-state index contributed by atoms with van der Waals surface area (Å²) in [6, 6.07) is 13.4. The van der Waals surface area contributed by atoms with Crippen LogP contribution in [0.5, 0.6) is 11.5 Å². The van der Waals surface area contributed by atoms with Crippen molar-refractivity contribution < 1.29 is 19.1 Å². The van der Waals surface area contributed by atoms with Gasteiger partial charge >= 0.3 is 0 Å². The van der Waals surface area contributed by atoms with Crippen LogP contribution in [0.4, 0.5) is 5.82 Å². The second kappa shape index (κ2) is 10.1. The van der Waals surface area contributed by atoms with Crippen molar-refractivity contribution in [3.63, 3.8) is 0 Å². The minimum Gasteiger partial charge on any atom is -0.454 e. The average Bonchev–Trinajstić information content (AvgIpc) is 3.66. The molecule has 3 aliphatic heterocycles. The molecule has 0 saturated carbocycles. The normalized spacial score (nSPS) is 18.9. The summed E-state index contributed by atoms with van der Waals surface area (Å²) in [6.07, 6.45) is 1.97. The Hall–Kier alpha value is -3.17. The van der Waals surface area contributed by atoms with Gasteiger partial charge in [-0.15, -0.1) is 11.8 Å². The number of amides is 2. The zero-order valence-corrected chi connectivity index (χ0v) is 23.8. The van der Waals surface area contributed by atoms with Gasteiger partial charge in [-0.3, -0.25) is 14.5 Å². The quantitative estimate of drug-likeness (QED) is 0.424. The molecule has 0 bridgehead atoms. The number of likely N-dealkylation sites (tertiary alicyclic amines) is 1. The van der Waals surface area contributed by atoms with E-state index in [-0.39, 0.29) is 41.6 Å². The molecule has 2 aromatic carbocycles. The van der Waals surface area contributed by atoms with Gasteiger partial charge in [0.1, 0.15) is 12.4 Å². The number of thioether (sulfide) groups is 1. The van der Waals surface area contributed by atoms with Crippen LogP contribution in [0, 0.1) is 0 Å². The van der Waals surface area contributed by atoms with Crippen LogP contribution in [0.15, 0.2) is 42.5 Å². The molecule has 4 heterocycles. The molecule has 8 nitrogen and oxygen atoms in total. The Morgan fingerprint density at radius 1 is 1.10 bits per heavy atom. The Morgan fingerprint density at radius 3 is 2.59 bits per heavy atom. The summed E-state index contributed by atoms with van der Waals surface area (Å²) in [5, 5.41) is 5.40. The van der Waals surface area contributed by atoms with Gasteiger partial charge in [0.15, 0.2) is 11.5 Å². The van der Waals surface area contributed by atoms with Crippen molar-refractivity contribution >= 4 is 41.0 Å². The predicted octanol–water partition coefficient (Wildman–Crippen LogP) is 5.34. The Kier molecular flexibility index (Phi) is 6.75. The van der Waals surface area contributed by atoms with Crippen LogP contribution >= 0.6 is 23.4 Å². The summed E-state index contributed by atoms with van der Waals surface area (Å²) in [5.41, 5.74) is 3.04.